The molecule has 4 heterocycles. The number of halogens is 3. The number of ether oxygens (including phenoxy) is 1. The molecular formula is C37H53AsF3N3O7P+. The van der Waals surface area contributed by atoms with Crippen LogP contribution in [0.3, 0.4) is 0 Å². The van der Waals surface area contributed by atoms with Crippen LogP contribution in [-0.2, 0) is 26.6 Å². The molecule has 3 aliphatic rings. The number of fused-ring (bicyclic) bond motifs is 3. The van der Waals surface area contributed by atoms with Gasteiger partial charge in [-0.2, -0.15) is 5.26 Å². The molecule has 1 aromatic heterocycles. The Bertz CT molecular complexity index is 1820. The van der Waals surface area contributed by atoms with Crippen LogP contribution in [-0.4, -0.2) is 73.4 Å². The first-order valence-corrected chi connectivity index (χ1v) is 23.0. The number of benzene rings is 1. The van der Waals surface area contributed by atoms with Crippen LogP contribution in [0.25, 0.3) is 16.5 Å². The summed E-state index contributed by atoms with van der Waals surface area (Å²) in [5.74, 6) is 0. The zero-order chi connectivity index (χ0) is 38.7. The van der Waals surface area contributed by atoms with Gasteiger partial charge in [0.1, 0.15) is 0 Å². The molecule has 2 fully saturated rings. The first-order chi connectivity index (χ1) is 24.0. The maximum absolute atomic E-state index is 14.5. The Labute approximate surface area is 309 Å². The molecule has 288 valence electrons. The molecule has 3 unspecified atom stereocenters. The van der Waals surface area contributed by atoms with Crippen LogP contribution in [0.5, 0.6) is 0 Å². The van der Waals surface area contributed by atoms with Crippen molar-refractivity contribution in [1.29, 1.82) is 5.26 Å². The second kappa shape index (κ2) is 14.6. The molecule has 0 bridgehead atoms. The van der Waals surface area contributed by atoms with Gasteiger partial charge in [-0.05, 0) is 0 Å². The molecule has 3 aliphatic heterocycles. The van der Waals surface area contributed by atoms with Crippen molar-refractivity contribution in [3.8, 4) is 6.07 Å². The third-order valence-corrected chi connectivity index (χ3v) is 17.8. The summed E-state index contributed by atoms with van der Waals surface area (Å²) in [5.41, 5.74) is -3.20. The van der Waals surface area contributed by atoms with Crippen molar-refractivity contribution in [3.05, 3.63) is 45.8 Å². The number of alkyl halides is 3. The second-order valence-corrected chi connectivity index (χ2v) is 21.8. The minimum absolute atomic E-state index is 0.105. The fraction of sp³-hybridized carbons (Fsp3) is 0.676. The van der Waals surface area contributed by atoms with Gasteiger partial charge in [0.25, 0.3) is 0 Å². The molecule has 3 atom stereocenters. The zero-order valence-electron chi connectivity index (χ0n) is 31.9. The molecule has 0 amide bonds. The zero-order valence-corrected chi connectivity index (χ0v) is 34.7. The van der Waals surface area contributed by atoms with Crippen LogP contribution >= 0.6 is 8.30 Å². The molecular weight excluding hydrogens is 761 g/mol. The monoisotopic (exact) mass is 814 g/mol. The van der Waals surface area contributed by atoms with E-state index >= 15 is 0 Å². The van der Waals surface area contributed by atoms with E-state index in [-0.39, 0.29) is 52.1 Å². The van der Waals surface area contributed by atoms with E-state index in [0.717, 1.165) is 12.8 Å². The molecule has 1 aromatic carbocycles. The number of rotatable bonds is 11. The van der Waals surface area contributed by atoms with Crippen LogP contribution in [0.15, 0.2) is 33.5 Å². The van der Waals surface area contributed by atoms with E-state index in [9.17, 15) is 27.0 Å². The van der Waals surface area contributed by atoms with Crippen molar-refractivity contribution in [3.63, 3.8) is 0 Å². The quantitative estimate of drug-likeness (QED) is 0.0721. The van der Waals surface area contributed by atoms with E-state index < -0.39 is 62.8 Å². The molecule has 0 aliphatic carbocycles. The maximum atomic E-state index is 14.5. The molecule has 0 saturated carbocycles. The fourth-order valence-electron chi connectivity index (χ4n) is 8.11. The Morgan fingerprint density at radius 3 is 2.27 bits per heavy atom. The summed E-state index contributed by atoms with van der Waals surface area (Å²) < 4.78 is 91.4. The minimum atomic E-state index is -4.83. The summed E-state index contributed by atoms with van der Waals surface area (Å²) in [5, 5.41) is 8.86. The predicted octanol–water partition coefficient (Wildman–Crippen LogP) is 9.11. The van der Waals surface area contributed by atoms with Gasteiger partial charge in [-0.1, -0.05) is 0 Å². The van der Waals surface area contributed by atoms with Crippen molar-refractivity contribution in [2.24, 2.45) is 0 Å². The first-order valence-electron chi connectivity index (χ1n) is 18.0. The van der Waals surface area contributed by atoms with Crippen LogP contribution in [0, 0.1) is 11.3 Å². The average molecular weight is 815 g/mol. The number of allylic oxidation sites excluding steroid dienone is 1. The summed E-state index contributed by atoms with van der Waals surface area (Å²) in [6, 6.07) is 5.89. The van der Waals surface area contributed by atoms with Crippen LogP contribution in [0.1, 0.15) is 106 Å². The van der Waals surface area contributed by atoms with E-state index in [2.05, 4.69) is 52.3 Å². The second-order valence-electron chi connectivity index (χ2n) is 16.1. The van der Waals surface area contributed by atoms with Crippen molar-refractivity contribution in [2.75, 3.05) is 19.5 Å². The fourth-order valence-corrected chi connectivity index (χ4v) is 15.7. The van der Waals surface area contributed by atoms with Gasteiger partial charge in [0.15, 0.2) is 0 Å². The molecule has 15 heteroatoms. The summed E-state index contributed by atoms with van der Waals surface area (Å²) in [4.78, 5) is 12.6. The molecule has 2 saturated heterocycles. The topological polar surface area (TPSA) is 111 Å². The Morgan fingerprint density at radius 1 is 1.06 bits per heavy atom. The van der Waals surface area contributed by atoms with Crippen molar-refractivity contribution >= 4 is 44.7 Å². The van der Waals surface area contributed by atoms with Crippen LogP contribution in [0.4, 0.5) is 18.9 Å². The Kier molecular flexibility index (Phi) is 11.5. The summed E-state index contributed by atoms with van der Waals surface area (Å²) in [7, 11) is -1.29. The number of nitrogens with zero attached hydrogens (tertiary/aromatic N) is 3. The van der Waals surface area contributed by atoms with Crippen molar-refractivity contribution < 1.29 is 38.0 Å². The molecule has 1 spiro atoms. The van der Waals surface area contributed by atoms with Crippen LogP contribution < -0.4 is 10.1 Å². The van der Waals surface area contributed by atoms with Gasteiger partial charge in [-0.15, -0.1) is 0 Å². The third kappa shape index (κ3) is 7.61. The number of nitriles is 1. The van der Waals surface area contributed by atoms with E-state index in [1.807, 2.05) is 33.8 Å². The van der Waals surface area contributed by atoms with Crippen molar-refractivity contribution in [1.82, 2.24) is 9.15 Å². The van der Waals surface area contributed by atoms with Gasteiger partial charge in [-0.25, -0.2) is 0 Å². The Balaban J connectivity index is 1.69. The molecule has 5 rings (SSSR count). The molecule has 2 aromatic rings. The number of hydrogen-bond donors (Lipinski definition) is 0. The predicted molar refractivity (Wildman–Crippen MR) is 197 cm³/mol. The number of piperidine rings is 1. The van der Waals surface area contributed by atoms with E-state index in [4.69, 9.17) is 21.1 Å². The van der Waals surface area contributed by atoms with E-state index in [0.29, 0.717) is 35.9 Å². The van der Waals surface area contributed by atoms with Gasteiger partial charge in [0.2, 0.25) is 0 Å². The number of quaternary nitrogens is 1. The molecule has 10 nitrogen and oxygen atoms in total. The van der Waals surface area contributed by atoms with Gasteiger partial charge in [0.05, 0.1) is 6.07 Å². The summed E-state index contributed by atoms with van der Waals surface area (Å²) in [6.07, 6.45) is -0.472. The Morgan fingerprint density at radius 2 is 1.69 bits per heavy atom. The Hall–Kier alpha value is -2.00. The van der Waals surface area contributed by atoms with Crippen LogP contribution in [0.2, 0.25) is 5.21 Å². The molecule has 0 N–H and O–H groups in total. The molecule has 0 radical (unpaired) electrons. The van der Waals surface area contributed by atoms with Crippen molar-refractivity contribution in [2.45, 2.75) is 141 Å². The standard InChI is InChI=1S/C37H53AsF3N3O7P/c1-24(2)43(25(3)4)52(48-17-13-15-42)23-47-32-14-11-12-16-44(32)30-20-31-28(29(37(39,40)41)19-33(45)49-31)18-27(30)26(21-34(44,5)6)22-38(46)50-35(7,8)36(9,10)51-38/h18-21,24-25,32H,11-14,16-17,22-23H2,1-10H3/q+1. The van der Waals surface area contributed by atoms with Gasteiger partial charge in [-0.3, -0.25) is 0 Å². The third-order valence-electron chi connectivity index (χ3n) is 10.9. The normalized spacial score (nSPS) is 25.4. The van der Waals surface area contributed by atoms with Gasteiger partial charge in [0, 0.05) is 0 Å². The SMILES string of the molecule is CC(C)N(C(C)C)P(COC1CCCC[N+]12c1cc3oc(=O)cc(C(F)(F)F)c3cc1C(C[As]1(=O)OC(C)(C)C(C)(C)O1)=CC2(C)C)OCCC#N. The number of hydrogen-bond acceptors (Lipinski definition) is 9. The minimum Gasteiger partial charge on any atom is -0.198 e. The van der Waals surface area contributed by atoms with Gasteiger partial charge < -0.3 is 0 Å². The smallest absolute Gasteiger partial charge is 0.198 e. The van der Waals surface area contributed by atoms with E-state index in [1.165, 1.54) is 6.07 Å². The summed E-state index contributed by atoms with van der Waals surface area (Å²) in [6.45, 7) is 20.6. The first kappa shape index (κ1) is 41.2. The molecule has 52 heavy (non-hydrogen) atoms. The van der Waals surface area contributed by atoms with Gasteiger partial charge >= 0.3 is 299 Å². The summed E-state index contributed by atoms with van der Waals surface area (Å²) >= 11 is -4.59. The average Bonchev–Trinajstić information content (AvgIpc) is 3.17. The van der Waals surface area contributed by atoms with E-state index in [1.54, 1.807) is 6.07 Å².